The third kappa shape index (κ3) is 4.26. The maximum absolute atomic E-state index is 12.5. The molecular weight excluding hydrogens is 324 g/mol. The second kappa shape index (κ2) is 8.15. The van der Waals surface area contributed by atoms with Crippen molar-refractivity contribution < 1.29 is 14.3 Å². The lowest BCUT2D eigenvalue weighted by Gasteiger charge is -2.16. The van der Waals surface area contributed by atoms with Gasteiger partial charge in [-0.05, 0) is 24.1 Å². The summed E-state index contributed by atoms with van der Waals surface area (Å²) >= 11 is 1.54. The van der Waals surface area contributed by atoms with E-state index in [0.29, 0.717) is 29.7 Å². The van der Waals surface area contributed by atoms with Crippen molar-refractivity contribution in [1.82, 2.24) is 9.88 Å². The summed E-state index contributed by atoms with van der Waals surface area (Å²) < 4.78 is 10.5. The Morgan fingerprint density at radius 1 is 1.25 bits per heavy atom. The van der Waals surface area contributed by atoms with Gasteiger partial charge in [-0.2, -0.15) is 0 Å². The van der Waals surface area contributed by atoms with Gasteiger partial charge in [0.15, 0.2) is 11.5 Å². The van der Waals surface area contributed by atoms with Crippen molar-refractivity contribution in [2.45, 2.75) is 26.2 Å². The molecule has 0 saturated carbocycles. The second-order valence-electron chi connectivity index (χ2n) is 5.89. The number of amides is 1. The largest absolute Gasteiger partial charge is 0.493 e. The Morgan fingerprint density at radius 3 is 2.54 bits per heavy atom. The highest BCUT2D eigenvalue weighted by Gasteiger charge is 2.16. The first-order valence-corrected chi connectivity index (χ1v) is 8.76. The highest BCUT2D eigenvalue weighted by molar-refractivity contribution is 7.09. The van der Waals surface area contributed by atoms with Crippen molar-refractivity contribution >= 4 is 17.2 Å². The van der Waals surface area contributed by atoms with Gasteiger partial charge in [-0.15, -0.1) is 11.3 Å². The van der Waals surface area contributed by atoms with Crippen LogP contribution in [0.2, 0.25) is 0 Å². The normalized spacial score (nSPS) is 10.8. The summed E-state index contributed by atoms with van der Waals surface area (Å²) in [5.41, 5.74) is 1.62. The van der Waals surface area contributed by atoms with Gasteiger partial charge < -0.3 is 14.4 Å². The Hall–Kier alpha value is -2.08. The van der Waals surface area contributed by atoms with Crippen LogP contribution >= 0.6 is 11.3 Å². The number of carbonyl (C=O) groups is 1. The van der Waals surface area contributed by atoms with E-state index in [1.807, 2.05) is 23.6 Å². The summed E-state index contributed by atoms with van der Waals surface area (Å²) in [6, 6.07) is 5.81. The van der Waals surface area contributed by atoms with Gasteiger partial charge in [0.05, 0.1) is 19.2 Å². The fourth-order valence-corrected chi connectivity index (χ4v) is 3.09. The smallest absolute Gasteiger partial charge is 0.273 e. The van der Waals surface area contributed by atoms with E-state index in [9.17, 15) is 4.79 Å². The fourth-order valence-electron chi connectivity index (χ4n) is 2.28. The summed E-state index contributed by atoms with van der Waals surface area (Å²) in [6.07, 6.45) is 0.740. The molecule has 1 aromatic heterocycles. The number of hydrogen-bond acceptors (Lipinski definition) is 5. The molecule has 0 aliphatic heterocycles. The first-order valence-electron chi connectivity index (χ1n) is 7.88. The molecule has 2 rings (SSSR count). The molecule has 0 fully saturated rings. The van der Waals surface area contributed by atoms with Crippen molar-refractivity contribution in [2.75, 3.05) is 27.8 Å². The molecule has 2 aromatic rings. The summed E-state index contributed by atoms with van der Waals surface area (Å²) in [7, 11) is 5.03. The van der Waals surface area contributed by atoms with E-state index in [1.54, 1.807) is 26.2 Å². The topological polar surface area (TPSA) is 51.7 Å². The molecule has 1 aromatic carbocycles. The van der Waals surface area contributed by atoms with E-state index in [2.05, 4.69) is 18.8 Å². The molecule has 0 unspecified atom stereocenters. The maximum Gasteiger partial charge on any atom is 0.273 e. The number of thiazole rings is 1. The number of hydrogen-bond donors (Lipinski definition) is 0. The fraction of sp³-hybridized carbons (Fsp3) is 0.444. The van der Waals surface area contributed by atoms with Crippen LogP contribution in [0.5, 0.6) is 11.5 Å². The summed E-state index contributed by atoms with van der Waals surface area (Å²) in [4.78, 5) is 18.6. The molecule has 24 heavy (non-hydrogen) atoms. The molecule has 0 atom stereocenters. The van der Waals surface area contributed by atoms with Crippen molar-refractivity contribution in [2.24, 2.45) is 0 Å². The molecule has 0 N–H and O–H groups in total. The average molecular weight is 348 g/mol. The van der Waals surface area contributed by atoms with Crippen LogP contribution in [0.25, 0.3) is 0 Å². The summed E-state index contributed by atoms with van der Waals surface area (Å²) in [6.45, 7) is 4.77. The van der Waals surface area contributed by atoms with E-state index >= 15 is 0 Å². The van der Waals surface area contributed by atoms with Crippen molar-refractivity contribution in [3.8, 4) is 11.5 Å². The Kier molecular flexibility index (Phi) is 6.20. The zero-order valence-electron chi connectivity index (χ0n) is 14.8. The third-order valence-corrected chi connectivity index (χ3v) is 4.91. The number of benzene rings is 1. The number of nitrogens with zero attached hydrogens (tertiary/aromatic N) is 2. The zero-order chi connectivity index (χ0) is 17.7. The average Bonchev–Trinajstić information content (AvgIpc) is 3.08. The highest BCUT2D eigenvalue weighted by atomic mass is 32.1. The van der Waals surface area contributed by atoms with Gasteiger partial charge in [0.25, 0.3) is 5.91 Å². The lowest BCUT2D eigenvalue weighted by molar-refractivity contribution is 0.0791. The van der Waals surface area contributed by atoms with Crippen molar-refractivity contribution in [3.05, 3.63) is 39.8 Å². The van der Waals surface area contributed by atoms with Gasteiger partial charge in [0.1, 0.15) is 5.69 Å². The van der Waals surface area contributed by atoms with Crippen LogP contribution in [0.1, 0.15) is 40.8 Å². The van der Waals surface area contributed by atoms with E-state index in [1.165, 1.54) is 11.3 Å². The predicted molar refractivity (Wildman–Crippen MR) is 96.4 cm³/mol. The standard InChI is InChI=1S/C18H24N2O3S/c1-12(2)17-19-14(11-24-17)18(21)20(3)9-8-13-6-7-15(22-4)16(10-13)23-5/h6-7,10-12H,8-9H2,1-5H3. The van der Waals surface area contributed by atoms with Gasteiger partial charge in [0, 0.05) is 24.9 Å². The minimum Gasteiger partial charge on any atom is -0.493 e. The molecule has 0 bridgehead atoms. The van der Waals surface area contributed by atoms with Crippen molar-refractivity contribution in [3.63, 3.8) is 0 Å². The molecule has 130 valence electrons. The van der Waals surface area contributed by atoms with Gasteiger partial charge in [-0.1, -0.05) is 19.9 Å². The maximum atomic E-state index is 12.5. The molecule has 5 nitrogen and oxygen atoms in total. The first-order chi connectivity index (χ1) is 11.5. The molecule has 0 aliphatic carbocycles. The SMILES string of the molecule is COc1ccc(CCN(C)C(=O)c2csc(C(C)C)n2)cc1OC. The number of methoxy groups -OCH3 is 2. The van der Waals surface area contributed by atoms with E-state index in [-0.39, 0.29) is 5.91 Å². The minimum atomic E-state index is -0.0429. The van der Waals surface area contributed by atoms with Gasteiger partial charge in [0.2, 0.25) is 0 Å². The Morgan fingerprint density at radius 2 is 1.96 bits per heavy atom. The van der Waals surface area contributed by atoms with Crippen molar-refractivity contribution in [1.29, 1.82) is 0 Å². The Labute approximate surface area is 147 Å². The van der Waals surface area contributed by atoms with Crippen LogP contribution in [0.3, 0.4) is 0 Å². The molecule has 6 heteroatoms. The van der Waals surface area contributed by atoms with E-state index < -0.39 is 0 Å². The zero-order valence-corrected chi connectivity index (χ0v) is 15.6. The van der Waals surface area contributed by atoms with Crippen LogP contribution in [0.4, 0.5) is 0 Å². The molecule has 1 heterocycles. The van der Waals surface area contributed by atoms with Crippen LogP contribution in [-0.2, 0) is 6.42 Å². The Balaban J connectivity index is 1.99. The predicted octanol–water partition coefficient (Wildman–Crippen LogP) is 3.60. The number of aromatic nitrogens is 1. The van der Waals surface area contributed by atoms with Gasteiger partial charge in [-0.3, -0.25) is 4.79 Å². The monoisotopic (exact) mass is 348 g/mol. The van der Waals surface area contributed by atoms with Gasteiger partial charge >= 0.3 is 0 Å². The number of carbonyl (C=O) groups excluding carboxylic acids is 1. The Bertz CT molecular complexity index is 697. The molecule has 0 saturated heterocycles. The molecule has 0 spiro atoms. The first kappa shape index (κ1) is 18.3. The summed E-state index contributed by atoms with van der Waals surface area (Å²) in [5, 5.41) is 2.83. The molecule has 0 radical (unpaired) electrons. The molecule has 0 aliphatic rings. The lowest BCUT2D eigenvalue weighted by atomic mass is 10.1. The quantitative estimate of drug-likeness (QED) is 0.767. The third-order valence-electron chi connectivity index (χ3n) is 3.77. The molecule has 1 amide bonds. The van der Waals surface area contributed by atoms with Crippen LogP contribution in [-0.4, -0.2) is 43.6 Å². The van der Waals surface area contributed by atoms with E-state index in [4.69, 9.17) is 9.47 Å². The number of rotatable bonds is 7. The van der Waals surface area contributed by atoms with Crippen LogP contribution in [0.15, 0.2) is 23.6 Å². The van der Waals surface area contributed by atoms with Gasteiger partial charge in [-0.25, -0.2) is 4.98 Å². The summed E-state index contributed by atoms with van der Waals surface area (Å²) in [5.74, 6) is 1.70. The van der Waals surface area contributed by atoms with Crippen LogP contribution in [0, 0.1) is 0 Å². The van der Waals surface area contributed by atoms with Crippen LogP contribution < -0.4 is 9.47 Å². The number of likely N-dealkylation sites (N-methyl/N-ethyl adjacent to an activating group) is 1. The van der Waals surface area contributed by atoms with E-state index in [0.717, 1.165) is 17.0 Å². The highest BCUT2D eigenvalue weighted by Crippen LogP contribution is 2.27. The lowest BCUT2D eigenvalue weighted by Crippen LogP contribution is -2.29. The second-order valence-corrected chi connectivity index (χ2v) is 6.78. The molecular formula is C18H24N2O3S. The minimum absolute atomic E-state index is 0.0429. The number of ether oxygens (including phenoxy) is 2.